The molecule has 1 aromatic carbocycles. The highest BCUT2D eigenvalue weighted by atomic mass is 16.4. The topological polar surface area (TPSA) is 1020 Å². The Morgan fingerprint density at radius 2 is 0.622 bits per heavy atom. The van der Waals surface area contributed by atoms with Crippen molar-refractivity contribution >= 4 is 160 Å². The molecular weight excluding hydrogens is 1900 g/mol. The molecule has 798 valence electrons. The van der Waals surface area contributed by atoms with Crippen LogP contribution in [0.5, 0.6) is 5.75 Å². The number of carboxylic acids is 5. The first-order valence-corrected chi connectivity index (χ1v) is 45.2. The Labute approximate surface area is 817 Å². The normalized spacial score (nSPS) is 14.5. The molecular formula is C84H134N26O33. The number of nitrogens with two attached hydrogens (primary N) is 9. The number of carboxylic acid groups (broad SMARTS) is 5. The Morgan fingerprint density at radius 1 is 0.322 bits per heavy atom. The van der Waals surface area contributed by atoms with Crippen LogP contribution in [0.4, 0.5) is 0 Å². The summed E-state index contributed by atoms with van der Waals surface area (Å²) in [5.41, 5.74) is 49.1. The number of phenols is 1. The summed E-state index contributed by atoms with van der Waals surface area (Å²) in [5, 5.41) is 105. The van der Waals surface area contributed by atoms with Crippen molar-refractivity contribution in [3.63, 3.8) is 0 Å². The van der Waals surface area contributed by atoms with Crippen molar-refractivity contribution in [1.29, 1.82) is 0 Å². The minimum absolute atomic E-state index is 0.0740. The lowest BCUT2D eigenvalue weighted by molar-refractivity contribution is -0.140. The van der Waals surface area contributed by atoms with Gasteiger partial charge in [0.2, 0.25) is 124 Å². The molecule has 0 radical (unpaired) electrons. The molecule has 0 aliphatic carbocycles. The third-order valence-corrected chi connectivity index (χ3v) is 21.2. The number of nitrogens with zero attached hydrogens (tertiary/aromatic N) is 1. The molecule has 21 amide bonds. The highest BCUT2D eigenvalue weighted by Crippen LogP contribution is 2.18. The van der Waals surface area contributed by atoms with Crippen LogP contribution < -0.4 is 137 Å². The van der Waals surface area contributed by atoms with Crippen LogP contribution in [0.25, 0.3) is 0 Å². The number of nitrogens with one attached hydrogen (secondary N) is 16. The van der Waals surface area contributed by atoms with E-state index in [-0.39, 0.29) is 69.3 Å². The Bertz CT molecular complexity index is 4670. The number of aliphatic hydroxyl groups excluding tert-OH is 1. The predicted octanol–water partition coefficient (Wildman–Crippen LogP) is -13.0. The molecule has 59 heteroatoms. The van der Waals surface area contributed by atoms with Crippen LogP contribution in [0, 0.1) is 11.8 Å². The van der Waals surface area contributed by atoms with Gasteiger partial charge in [-0.15, -0.1) is 0 Å². The number of carbonyl (C=O) groups excluding carboxylic acids is 21. The second-order valence-electron chi connectivity index (χ2n) is 33.6. The van der Waals surface area contributed by atoms with E-state index in [1.165, 1.54) is 19.1 Å². The molecule has 0 fully saturated rings. The van der Waals surface area contributed by atoms with E-state index in [1.807, 2.05) is 0 Å². The van der Waals surface area contributed by atoms with E-state index in [2.05, 4.69) is 90.1 Å². The molecule has 0 saturated heterocycles. The highest BCUT2D eigenvalue weighted by Gasteiger charge is 2.41. The largest absolute Gasteiger partial charge is 0.508 e. The zero-order valence-corrected chi connectivity index (χ0v) is 79.4. The van der Waals surface area contributed by atoms with E-state index >= 15 is 0 Å². The van der Waals surface area contributed by atoms with Crippen molar-refractivity contribution < 1.29 is 160 Å². The average Bonchev–Trinajstić information content (AvgIpc) is 0.845. The van der Waals surface area contributed by atoms with Crippen molar-refractivity contribution in [3.8, 4) is 5.75 Å². The van der Waals surface area contributed by atoms with Gasteiger partial charge in [0.25, 0.3) is 0 Å². The summed E-state index contributed by atoms with van der Waals surface area (Å²) in [7, 11) is 0. The number of phenolic OH excluding ortho intramolecular Hbond substituents is 1. The zero-order valence-electron chi connectivity index (χ0n) is 79.4. The van der Waals surface area contributed by atoms with E-state index in [0.29, 0.717) is 0 Å². The number of aliphatic hydroxyl groups is 1. The van der Waals surface area contributed by atoms with Gasteiger partial charge in [-0.25, -0.2) is 0 Å². The van der Waals surface area contributed by atoms with E-state index < -0.39 is 391 Å². The van der Waals surface area contributed by atoms with Gasteiger partial charge in [-0.3, -0.25) is 130 Å². The maximum Gasteiger partial charge on any atom is 0.303 e. The third kappa shape index (κ3) is 51.2. The molecule has 0 aromatic heterocycles. The van der Waals surface area contributed by atoms with Crippen molar-refractivity contribution in [1.82, 2.24) is 85.1 Å². The summed E-state index contributed by atoms with van der Waals surface area (Å²) in [6.45, 7) is 5.26. The number of benzene rings is 1. The number of carbonyl (C=O) groups is 26. The van der Waals surface area contributed by atoms with Gasteiger partial charge < -0.3 is 172 Å². The summed E-state index contributed by atoms with van der Waals surface area (Å²) < 4.78 is 0. The molecule has 1 rings (SSSR count). The van der Waals surface area contributed by atoms with Crippen molar-refractivity contribution in [2.75, 3.05) is 26.2 Å². The molecule has 0 spiro atoms. The number of amides is 21. The highest BCUT2D eigenvalue weighted by molar-refractivity contribution is 6.03. The maximum atomic E-state index is 14.8. The van der Waals surface area contributed by atoms with Crippen LogP contribution in [0.2, 0.25) is 0 Å². The molecule has 0 unspecified atom stereocenters. The Kier molecular flexibility index (Phi) is 57.3. The molecule has 41 N–H and O–H groups in total. The first kappa shape index (κ1) is 125. The number of primary amides is 5. The van der Waals surface area contributed by atoms with E-state index in [4.69, 9.17) is 51.6 Å². The zero-order chi connectivity index (χ0) is 109. The molecule has 1 aromatic rings. The van der Waals surface area contributed by atoms with Crippen LogP contribution in [0.3, 0.4) is 0 Å². The lowest BCUT2D eigenvalue weighted by Gasteiger charge is -2.30. The molecule has 0 aliphatic rings. The number of rotatable bonds is 73. The van der Waals surface area contributed by atoms with Gasteiger partial charge in [-0.05, 0) is 126 Å². The van der Waals surface area contributed by atoms with Gasteiger partial charge in [0, 0.05) is 57.9 Å². The minimum Gasteiger partial charge on any atom is -0.508 e. The van der Waals surface area contributed by atoms with Gasteiger partial charge in [0.1, 0.15) is 102 Å². The van der Waals surface area contributed by atoms with Gasteiger partial charge >= 0.3 is 29.8 Å². The Morgan fingerprint density at radius 3 is 0.965 bits per heavy atom. The smallest absolute Gasteiger partial charge is 0.303 e. The van der Waals surface area contributed by atoms with Crippen LogP contribution in [-0.2, 0) is 131 Å². The summed E-state index contributed by atoms with van der Waals surface area (Å²) in [6.07, 6.45) is -13.8. The lowest BCUT2D eigenvalue weighted by Crippen LogP contribution is -2.62. The average molecular weight is 2040 g/mol. The second kappa shape index (κ2) is 65.3. The van der Waals surface area contributed by atoms with Gasteiger partial charge in [-0.2, -0.15) is 0 Å². The predicted molar refractivity (Wildman–Crippen MR) is 494 cm³/mol. The van der Waals surface area contributed by atoms with Crippen molar-refractivity contribution in [2.24, 2.45) is 68.4 Å². The van der Waals surface area contributed by atoms with Crippen LogP contribution in [0.1, 0.15) is 188 Å². The number of aliphatic carboxylic acids is 5. The molecule has 0 heterocycles. The quantitative estimate of drug-likeness (QED) is 0.0164. The molecule has 17 atom stereocenters. The van der Waals surface area contributed by atoms with Gasteiger partial charge in [0.15, 0.2) is 5.96 Å². The number of aliphatic imine (C=N–C) groups is 1. The monoisotopic (exact) mass is 2030 g/mol. The SMILES string of the molecule is CC[C@H](C)[C@H](NC(=O)[C@H](CC(C)C)NC(=O)[C@H](CCC(=O)O)NC(=O)[C@H](CCC(N)=O)NC(=O)[C@H](CC(N)=O)NC(=O)[C@H](C)NC(=O)[C@H](CCC(N)=O)NC(=O)[C@H](Cc1ccc(O)cc1)NC(=O)[C@H](CCC(=O)O)NC(=O)[C@H](CCC(=O)O)NC(=O)[C@H](CCC(=O)O)NC(=O)CN)C(=O)N[C@@H](CCCN=C(N)N)C(=O)N[C@@H](CCC(=O)O)C(=O)N[C@@H](CCCCN)C(=O)N[C@@H](CO)C(=O)N[C@@H](CC(N)=O)C(N)=O. The standard InChI is InChI=1S/C84H134N26O33/c1-6-39(4)67(83(143)104-44(11-9-31-94-84(92)93)71(131)98-48(19-26-63(120)121)75(135)97-43(10-7-8-30-85)72(132)109-56(37-111)82(142)105-52(68(91)128)34-59(89)115)110-81(141)53(32-38(2)3)107-77(137)50(21-28-65(124)125)100-74(134)47(17-24-58(88)114)103-80(140)55(35-60(90)116)106-69(129)40(5)95-70(130)46(16-23-57(87)113)102-79(139)54(33-41-12-14-42(112)15-13-41)108-78(138)51(22-29-66(126)127)101-76(136)49(20-27-64(122)123)99-73(133)45(18-25-62(118)119)96-61(117)36-86/h12-15,38-40,43-56,67,111-112H,6-11,16-37,85-86H2,1-5H3,(H2,87,113)(H2,88,114)(H2,89,115)(H2,90,116)(H2,91,128)(H,95,130)(H,96,117)(H,97,135)(H,98,131)(H,99,133)(H,100,134)(H,101,136)(H,102,139)(H,103,140)(H,104,143)(H,105,142)(H,106,129)(H,107,137)(H,108,138)(H,109,132)(H,110,141)(H,118,119)(H,120,121)(H,122,123)(H,124,125)(H,126,127)(H4,92,93,94)/t39-,40-,43-,44-,45-,46-,47-,48-,49-,50-,51-,52-,53-,54-,55-,56-,67-/m0/s1. The van der Waals surface area contributed by atoms with E-state index in [9.17, 15) is 160 Å². The molecule has 59 nitrogen and oxygen atoms in total. The van der Waals surface area contributed by atoms with Gasteiger partial charge in [-0.1, -0.05) is 46.2 Å². The lowest BCUT2D eigenvalue weighted by atomic mass is 9.96. The summed E-state index contributed by atoms with van der Waals surface area (Å²) >= 11 is 0. The van der Waals surface area contributed by atoms with Crippen LogP contribution in [-0.4, -0.2) is 319 Å². The van der Waals surface area contributed by atoms with Crippen LogP contribution >= 0.6 is 0 Å². The summed E-state index contributed by atoms with van der Waals surface area (Å²) in [5.74, 6) is -35.6. The fourth-order valence-electron chi connectivity index (χ4n) is 13.3. The second-order valence-corrected chi connectivity index (χ2v) is 33.6. The summed E-state index contributed by atoms with van der Waals surface area (Å²) in [4.78, 5) is 350. The molecule has 0 saturated carbocycles. The number of guanidine groups is 1. The Hall–Kier alpha value is -15.6. The van der Waals surface area contributed by atoms with Gasteiger partial charge in [0.05, 0.1) is 26.0 Å². The van der Waals surface area contributed by atoms with Crippen molar-refractivity contribution in [3.05, 3.63) is 29.8 Å². The molecule has 0 aliphatic heterocycles. The first-order chi connectivity index (χ1) is 66.9. The molecule has 143 heavy (non-hydrogen) atoms. The van der Waals surface area contributed by atoms with E-state index in [1.54, 1.807) is 20.8 Å². The fraction of sp³-hybridized carbons (Fsp3) is 0.607. The number of hydrogen-bond donors (Lipinski definition) is 32. The number of aromatic hydroxyl groups is 1. The van der Waals surface area contributed by atoms with Crippen molar-refractivity contribution in [2.45, 2.75) is 285 Å². The van der Waals surface area contributed by atoms with E-state index in [0.717, 1.165) is 19.1 Å². The first-order valence-electron chi connectivity index (χ1n) is 45.2. The fourth-order valence-corrected chi connectivity index (χ4v) is 13.3. The number of unbranched alkanes of at least 4 members (excludes halogenated alkanes) is 1. The summed E-state index contributed by atoms with van der Waals surface area (Å²) in [6, 6.07) is -24.9. The molecule has 0 bridgehead atoms. The minimum atomic E-state index is -2.15. The maximum absolute atomic E-state index is 14.8. The van der Waals surface area contributed by atoms with Crippen LogP contribution in [0.15, 0.2) is 29.3 Å². The Balaban J connectivity index is 3.90. The number of hydrogen-bond acceptors (Lipinski definition) is 31. The third-order valence-electron chi connectivity index (χ3n) is 21.2.